The van der Waals surface area contributed by atoms with Crippen molar-refractivity contribution < 1.29 is 14.3 Å². The van der Waals surface area contributed by atoms with Crippen LogP contribution in [0.15, 0.2) is 46.9 Å². The lowest BCUT2D eigenvalue weighted by Crippen LogP contribution is -2.12. The molecule has 0 amide bonds. The maximum atomic E-state index is 12.6. The van der Waals surface area contributed by atoms with E-state index in [0.29, 0.717) is 16.8 Å². The quantitative estimate of drug-likeness (QED) is 0.404. The minimum Gasteiger partial charge on any atom is -0.490 e. The standard InChI is InChI=1S/C22H21BrClNO3/c1-2-27-22(26)21-20(24)18-13-14(23)7-12-19(18)25(21)15-8-10-17(11-9-15)28-16-5-3-4-6-16/h7-13,16H,2-6H2,1H3. The van der Waals surface area contributed by atoms with Crippen molar-refractivity contribution in [3.05, 3.63) is 57.7 Å². The van der Waals surface area contributed by atoms with Crippen LogP contribution in [0.4, 0.5) is 0 Å². The first kappa shape index (κ1) is 19.3. The van der Waals surface area contributed by atoms with Gasteiger partial charge in [0.2, 0.25) is 0 Å². The number of hydrogen-bond acceptors (Lipinski definition) is 3. The van der Waals surface area contributed by atoms with Gasteiger partial charge in [0.25, 0.3) is 0 Å². The largest absolute Gasteiger partial charge is 0.490 e. The smallest absolute Gasteiger partial charge is 0.356 e. The number of benzene rings is 2. The van der Waals surface area contributed by atoms with Crippen LogP contribution in [-0.4, -0.2) is 23.2 Å². The van der Waals surface area contributed by atoms with E-state index in [4.69, 9.17) is 21.1 Å². The van der Waals surface area contributed by atoms with Gasteiger partial charge in [-0.15, -0.1) is 0 Å². The molecule has 0 N–H and O–H groups in total. The van der Waals surface area contributed by atoms with Crippen molar-refractivity contribution in [3.63, 3.8) is 0 Å². The molecule has 1 aliphatic rings. The molecule has 0 saturated heterocycles. The summed E-state index contributed by atoms with van der Waals surface area (Å²) >= 11 is 10.1. The van der Waals surface area contributed by atoms with Crippen molar-refractivity contribution in [1.82, 2.24) is 4.57 Å². The fourth-order valence-corrected chi connectivity index (χ4v) is 4.42. The molecule has 2 aromatic carbocycles. The molecule has 1 saturated carbocycles. The van der Waals surface area contributed by atoms with Crippen molar-refractivity contribution in [2.75, 3.05) is 6.61 Å². The van der Waals surface area contributed by atoms with E-state index < -0.39 is 5.97 Å². The Bertz CT molecular complexity index is 1010. The van der Waals surface area contributed by atoms with Gasteiger partial charge in [0.1, 0.15) is 5.75 Å². The van der Waals surface area contributed by atoms with Gasteiger partial charge >= 0.3 is 5.97 Å². The lowest BCUT2D eigenvalue weighted by Gasteiger charge is -2.15. The van der Waals surface area contributed by atoms with Gasteiger partial charge in [0.05, 0.1) is 23.3 Å². The van der Waals surface area contributed by atoms with Crippen LogP contribution in [-0.2, 0) is 4.74 Å². The summed E-state index contributed by atoms with van der Waals surface area (Å²) in [5, 5.41) is 1.19. The first-order valence-electron chi connectivity index (χ1n) is 9.52. The molecule has 1 fully saturated rings. The fourth-order valence-electron chi connectivity index (χ4n) is 3.75. The number of ether oxygens (including phenoxy) is 2. The molecule has 1 heterocycles. The lowest BCUT2D eigenvalue weighted by atomic mass is 10.2. The van der Waals surface area contributed by atoms with Crippen LogP contribution in [0.3, 0.4) is 0 Å². The number of carbonyl (C=O) groups excluding carboxylic acids is 1. The summed E-state index contributed by atoms with van der Waals surface area (Å²) in [4.78, 5) is 12.6. The van der Waals surface area contributed by atoms with E-state index in [-0.39, 0.29) is 6.61 Å². The van der Waals surface area contributed by atoms with Gasteiger partial charge in [-0.2, -0.15) is 0 Å². The highest BCUT2D eigenvalue weighted by Gasteiger charge is 2.24. The van der Waals surface area contributed by atoms with Gasteiger partial charge in [-0.1, -0.05) is 27.5 Å². The first-order chi connectivity index (χ1) is 13.6. The lowest BCUT2D eigenvalue weighted by molar-refractivity contribution is 0.0517. The summed E-state index contributed by atoms with van der Waals surface area (Å²) in [6, 6.07) is 13.6. The number of rotatable bonds is 5. The number of aromatic nitrogens is 1. The summed E-state index contributed by atoms with van der Waals surface area (Å²) in [5.74, 6) is 0.407. The average molecular weight is 463 g/mol. The molecule has 4 nitrogen and oxygen atoms in total. The van der Waals surface area contributed by atoms with E-state index in [1.54, 1.807) is 6.92 Å². The maximum Gasteiger partial charge on any atom is 0.356 e. The number of hydrogen-bond donors (Lipinski definition) is 0. The predicted octanol–water partition coefficient (Wildman–Crippen LogP) is 6.54. The summed E-state index contributed by atoms with van der Waals surface area (Å²) < 4.78 is 14.1. The van der Waals surface area contributed by atoms with E-state index >= 15 is 0 Å². The highest BCUT2D eigenvalue weighted by molar-refractivity contribution is 9.10. The van der Waals surface area contributed by atoms with E-state index in [9.17, 15) is 4.79 Å². The monoisotopic (exact) mass is 461 g/mol. The normalized spacial score (nSPS) is 14.5. The van der Waals surface area contributed by atoms with Gasteiger partial charge in [0, 0.05) is 15.5 Å². The van der Waals surface area contributed by atoms with Crippen LogP contribution in [0.5, 0.6) is 5.75 Å². The molecule has 0 atom stereocenters. The molecule has 1 aromatic heterocycles. The van der Waals surface area contributed by atoms with Crippen molar-refractivity contribution in [2.45, 2.75) is 38.7 Å². The van der Waals surface area contributed by atoms with E-state index in [2.05, 4.69) is 15.9 Å². The molecule has 1 aliphatic carbocycles. The number of esters is 1. The van der Waals surface area contributed by atoms with Gasteiger partial charge in [-0.25, -0.2) is 4.79 Å². The first-order valence-corrected chi connectivity index (χ1v) is 10.7. The molecule has 0 aliphatic heterocycles. The molecule has 146 valence electrons. The van der Waals surface area contributed by atoms with Crippen LogP contribution < -0.4 is 4.74 Å². The Kier molecular flexibility index (Phi) is 5.65. The van der Waals surface area contributed by atoms with Crippen molar-refractivity contribution >= 4 is 44.4 Å². The Morgan fingerprint density at radius 3 is 2.57 bits per heavy atom. The number of halogens is 2. The van der Waals surface area contributed by atoms with Crippen LogP contribution in [0.25, 0.3) is 16.6 Å². The summed E-state index contributed by atoms with van der Waals surface area (Å²) in [5.41, 5.74) is 2.02. The topological polar surface area (TPSA) is 40.5 Å². The zero-order valence-electron chi connectivity index (χ0n) is 15.6. The van der Waals surface area contributed by atoms with Crippen molar-refractivity contribution in [1.29, 1.82) is 0 Å². The Hall–Kier alpha value is -1.98. The SMILES string of the molecule is CCOC(=O)c1c(Cl)c2cc(Br)ccc2n1-c1ccc(OC2CCCC2)cc1. The third-order valence-corrected chi connectivity index (χ3v) is 5.91. The van der Waals surface area contributed by atoms with Crippen LogP contribution in [0.2, 0.25) is 5.02 Å². The minimum atomic E-state index is -0.439. The molecular formula is C22H21BrClNO3. The molecule has 4 rings (SSSR count). The third kappa shape index (κ3) is 3.65. The Labute approximate surface area is 177 Å². The van der Waals surface area contributed by atoms with E-state index in [1.807, 2.05) is 47.0 Å². The molecular weight excluding hydrogens is 442 g/mol. The zero-order valence-corrected chi connectivity index (χ0v) is 17.9. The zero-order chi connectivity index (χ0) is 19.7. The van der Waals surface area contributed by atoms with Gasteiger partial charge in [-0.05, 0) is 75.1 Å². The molecule has 28 heavy (non-hydrogen) atoms. The summed E-state index contributed by atoms with van der Waals surface area (Å²) in [6.45, 7) is 2.07. The second-order valence-electron chi connectivity index (χ2n) is 6.90. The highest BCUT2D eigenvalue weighted by Crippen LogP contribution is 2.36. The van der Waals surface area contributed by atoms with Crippen molar-refractivity contribution in [3.8, 4) is 11.4 Å². The summed E-state index contributed by atoms with van der Waals surface area (Å²) in [7, 11) is 0. The van der Waals surface area contributed by atoms with Crippen LogP contribution >= 0.6 is 27.5 Å². The molecule has 0 unspecified atom stereocenters. The number of fused-ring (bicyclic) bond motifs is 1. The average Bonchev–Trinajstić information content (AvgIpc) is 3.29. The number of carbonyl (C=O) groups is 1. The van der Waals surface area contributed by atoms with E-state index in [1.165, 1.54) is 12.8 Å². The second kappa shape index (κ2) is 8.18. The number of nitrogens with zero attached hydrogens (tertiary/aromatic N) is 1. The summed E-state index contributed by atoms with van der Waals surface area (Å²) in [6.07, 6.45) is 4.99. The van der Waals surface area contributed by atoms with Crippen molar-refractivity contribution in [2.24, 2.45) is 0 Å². The molecule has 0 spiro atoms. The van der Waals surface area contributed by atoms with Gasteiger partial charge in [-0.3, -0.25) is 0 Å². The maximum absolute atomic E-state index is 12.6. The van der Waals surface area contributed by atoms with E-state index in [0.717, 1.165) is 39.7 Å². The fraction of sp³-hybridized carbons (Fsp3) is 0.318. The van der Waals surface area contributed by atoms with Crippen LogP contribution in [0, 0.1) is 0 Å². The Morgan fingerprint density at radius 1 is 1.18 bits per heavy atom. The predicted molar refractivity (Wildman–Crippen MR) is 115 cm³/mol. The third-order valence-electron chi connectivity index (χ3n) is 5.04. The van der Waals surface area contributed by atoms with Gasteiger partial charge in [0.15, 0.2) is 5.69 Å². The van der Waals surface area contributed by atoms with Gasteiger partial charge < -0.3 is 14.0 Å². The Morgan fingerprint density at radius 2 is 1.89 bits per heavy atom. The Balaban J connectivity index is 1.78. The second-order valence-corrected chi connectivity index (χ2v) is 8.19. The molecule has 0 radical (unpaired) electrons. The van der Waals surface area contributed by atoms with Crippen LogP contribution in [0.1, 0.15) is 43.1 Å². The minimum absolute atomic E-state index is 0.286. The molecule has 6 heteroatoms. The highest BCUT2D eigenvalue weighted by atomic mass is 79.9. The molecule has 3 aromatic rings. The molecule has 0 bridgehead atoms.